The zero-order chi connectivity index (χ0) is 19.2. The van der Waals surface area contributed by atoms with Gasteiger partial charge in [-0.2, -0.15) is 0 Å². The fourth-order valence-electron chi connectivity index (χ4n) is 3.40. The molecular weight excluding hydrogens is 344 g/mol. The summed E-state index contributed by atoms with van der Waals surface area (Å²) in [6.07, 6.45) is 2.64. The van der Waals surface area contributed by atoms with Crippen LogP contribution in [0, 0.1) is 6.92 Å². The lowest BCUT2D eigenvalue weighted by Crippen LogP contribution is -2.46. The number of hydrogen-bond acceptors (Lipinski definition) is 4. The molecule has 27 heavy (non-hydrogen) atoms. The number of ether oxygens (including phenoxy) is 1. The summed E-state index contributed by atoms with van der Waals surface area (Å²) in [4.78, 5) is 26.6. The van der Waals surface area contributed by atoms with Gasteiger partial charge in [0.1, 0.15) is 11.5 Å². The summed E-state index contributed by atoms with van der Waals surface area (Å²) in [7, 11) is 1.64. The van der Waals surface area contributed by atoms with Gasteiger partial charge in [-0.1, -0.05) is 18.2 Å². The van der Waals surface area contributed by atoms with Gasteiger partial charge in [0.25, 0.3) is 5.91 Å². The molecule has 2 amide bonds. The van der Waals surface area contributed by atoms with Crippen molar-refractivity contribution in [1.82, 2.24) is 10.2 Å². The van der Waals surface area contributed by atoms with Crippen LogP contribution < -0.4 is 10.1 Å². The topological polar surface area (TPSA) is 71.8 Å². The summed E-state index contributed by atoms with van der Waals surface area (Å²) in [5.41, 5.74) is 1.05. The third kappa shape index (κ3) is 4.90. The molecule has 1 aromatic carbocycles. The lowest BCUT2D eigenvalue weighted by molar-refractivity contribution is -0.132. The first-order valence-corrected chi connectivity index (χ1v) is 9.34. The second-order valence-electron chi connectivity index (χ2n) is 6.85. The number of methoxy groups -OCH3 is 1. The molecule has 0 atom stereocenters. The fourth-order valence-corrected chi connectivity index (χ4v) is 3.40. The minimum absolute atomic E-state index is 0.0705. The molecule has 0 bridgehead atoms. The van der Waals surface area contributed by atoms with Crippen molar-refractivity contribution in [2.24, 2.45) is 0 Å². The summed E-state index contributed by atoms with van der Waals surface area (Å²) in [5, 5.41) is 2.99. The van der Waals surface area contributed by atoms with E-state index in [9.17, 15) is 9.59 Å². The Morgan fingerprint density at radius 3 is 2.59 bits per heavy atom. The van der Waals surface area contributed by atoms with Gasteiger partial charge in [-0.05, 0) is 49.9 Å². The monoisotopic (exact) mass is 370 g/mol. The highest BCUT2D eigenvalue weighted by Crippen LogP contribution is 2.20. The zero-order valence-electron chi connectivity index (χ0n) is 15.9. The van der Waals surface area contributed by atoms with Gasteiger partial charge in [-0.3, -0.25) is 9.59 Å². The van der Waals surface area contributed by atoms with Crippen LogP contribution in [0.5, 0.6) is 5.75 Å². The van der Waals surface area contributed by atoms with Crippen molar-refractivity contribution in [3.8, 4) is 5.75 Å². The summed E-state index contributed by atoms with van der Waals surface area (Å²) >= 11 is 0. The Morgan fingerprint density at radius 1 is 1.19 bits per heavy atom. The number of carbonyl (C=O) groups is 2. The van der Waals surface area contributed by atoms with Gasteiger partial charge < -0.3 is 19.4 Å². The number of hydrogen-bond donors (Lipinski definition) is 1. The lowest BCUT2D eigenvalue weighted by atomic mass is 10.0. The Hall–Kier alpha value is -2.76. The quantitative estimate of drug-likeness (QED) is 0.849. The highest BCUT2D eigenvalue weighted by atomic mass is 16.5. The third-order valence-electron chi connectivity index (χ3n) is 4.95. The van der Waals surface area contributed by atoms with Gasteiger partial charge in [-0.25, -0.2) is 0 Å². The molecule has 1 saturated heterocycles. The maximum atomic E-state index is 12.5. The Kier molecular flexibility index (Phi) is 6.16. The van der Waals surface area contributed by atoms with E-state index in [0.717, 1.165) is 29.9 Å². The minimum atomic E-state index is -0.191. The number of rotatable bonds is 6. The Morgan fingerprint density at radius 2 is 1.93 bits per heavy atom. The van der Waals surface area contributed by atoms with Crippen LogP contribution >= 0.6 is 0 Å². The van der Waals surface area contributed by atoms with E-state index in [1.807, 2.05) is 36.1 Å². The van der Waals surface area contributed by atoms with Crippen molar-refractivity contribution >= 4 is 11.8 Å². The van der Waals surface area contributed by atoms with Gasteiger partial charge in [0.2, 0.25) is 5.91 Å². The van der Waals surface area contributed by atoms with Crippen molar-refractivity contribution in [1.29, 1.82) is 0 Å². The molecule has 1 aromatic heterocycles. The Labute approximate surface area is 159 Å². The molecule has 1 N–H and O–H groups in total. The van der Waals surface area contributed by atoms with Crippen LogP contribution in [0.15, 0.2) is 40.8 Å². The largest absolute Gasteiger partial charge is 0.496 e. The second kappa shape index (κ2) is 8.75. The van der Waals surface area contributed by atoms with Crippen molar-refractivity contribution in [2.45, 2.75) is 38.6 Å². The molecule has 3 rings (SSSR count). The van der Waals surface area contributed by atoms with Crippen molar-refractivity contribution in [2.75, 3.05) is 20.2 Å². The summed E-state index contributed by atoms with van der Waals surface area (Å²) < 4.78 is 10.7. The number of nitrogens with zero attached hydrogens (tertiary/aromatic N) is 1. The molecule has 6 nitrogen and oxygen atoms in total. The van der Waals surface area contributed by atoms with Crippen molar-refractivity contribution in [3.63, 3.8) is 0 Å². The van der Waals surface area contributed by atoms with Gasteiger partial charge in [-0.15, -0.1) is 0 Å². The summed E-state index contributed by atoms with van der Waals surface area (Å²) in [5.74, 6) is 1.83. The molecule has 0 unspecified atom stereocenters. The predicted octanol–water partition coefficient (Wildman–Crippen LogP) is 2.95. The fraction of sp³-hybridized carbons (Fsp3) is 0.429. The van der Waals surface area contributed by atoms with Gasteiger partial charge in [0.05, 0.1) is 7.11 Å². The van der Waals surface area contributed by atoms with Crippen LogP contribution in [0.3, 0.4) is 0 Å². The van der Waals surface area contributed by atoms with E-state index in [-0.39, 0.29) is 17.9 Å². The first-order valence-electron chi connectivity index (χ1n) is 9.34. The molecule has 0 spiro atoms. The molecule has 0 saturated carbocycles. The number of likely N-dealkylation sites (tertiary alicyclic amines) is 1. The molecule has 144 valence electrons. The maximum absolute atomic E-state index is 12.5. The van der Waals surface area contributed by atoms with E-state index in [0.29, 0.717) is 31.7 Å². The van der Waals surface area contributed by atoms with Gasteiger partial charge in [0.15, 0.2) is 5.76 Å². The molecule has 1 fully saturated rings. The van der Waals surface area contributed by atoms with E-state index in [4.69, 9.17) is 9.15 Å². The number of para-hydroxylation sites is 1. The van der Waals surface area contributed by atoms with Crippen molar-refractivity contribution < 1.29 is 18.7 Å². The summed E-state index contributed by atoms with van der Waals surface area (Å²) in [6, 6.07) is 11.3. The van der Waals surface area contributed by atoms with Crippen LogP contribution in [-0.2, 0) is 11.2 Å². The van der Waals surface area contributed by atoms with E-state index < -0.39 is 0 Å². The first-order chi connectivity index (χ1) is 13.1. The van der Waals surface area contributed by atoms with Crippen LogP contribution in [0.4, 0.5) is 0 Å². The molecule has 6 heteroatoms. The Balaban J connectivity index is 1.44. The third-order valence-corrected chi connectivity index (χ3v) is 4.95. The van der Waals surface area contributed by atoms with Gasteiger partial charge in [0, 0.05) is 25.6 Å². The normalized spacial score (nSPS) is 14.8. The first kappa shape index (κ1) is 19.0. The number of furan rings is 1. The number of aryl methyl sites for hydroxylation is 2. The van der Waals surface area contributed by atoms with E-state index in [2.05, 4.69) is 5.32 Å². The molecule has 0 aliphatic carbocycles. The predicted molar refractivity (Wildman–Crippen MR) is 102 cm³/mol. The molecule has 2 aromatic rings. The average Bonchev–Trinajstić information content (AvgIpc) is 3.13. The molecule has 1 aliphatic rings. The van der Waals surface area contributed by atoms with Crippen LogP contribution in [-0.4, -0.2) is 43.0 Å². The molecular formula is C21H26N2O4. The number of amides is 2. The number of piperidine rings is 1. The minimum Gasteiger partial charge on any atom is -0.496 e. The molecule has 2 heterocycles. The van der Waals surface area contributed by atoms with Crippen LogP contribution in [0.25, 0.3) is 0 Å². The van der Waals surface area contributed by atoms with Crippen LogP contribution in [0.1, 0.15) is 41.1 Å². The van der Waals surface area contributed by atoms with Crippen molar-refractivity contribution in [3.05, 3.63) is 53.5 Å². The standard InChI is InChI=1S/C21H26N2O4/c1-15-7-9-19(27-15)21(25)22-17-11-13-23(14-12-17)20(24)10-8-16-5-3-4-6-18(16)26-2/h3-7,9,17H,8,10-14H2,1-2H3,(H,22,25). The SMILES string of the molecule is COc1ccccc1CCC(=O)N1CCC(NC(=O)c2ccc(C)o2)CC1. The van der Waals surface area contributed by atoms with Crippen LogP contribution in [0.2, 0.25) is 0 Å². The zero-order valence-corrected chi connectivity index (χ0v) is 15.9. The van der Waals surface area contributed by atoms with Gasteiger partial charge >= 0.3 is 0 Å². The Bertz CT molecular complexity index is 791. The number of nitrogens with one attached hydrogen (secondary N) is 1. The highest BCUT2D eigenvalue weighted by molar-refractivity contribution is 5.91. The number of carbonyl (C=O) groups excluding carboxylic acids is 2. The summed E-state index contributed by atoms with van der Waals surface area (Å²) in [6.45, 7) is 3.13. The lowest BCUT2D eigenvalue weighted by Gasteiger charge is -2.32. The highest BCUT2D eigenvalue weighted by Gasteiger charge is 2.24. The smallest absolute Gasteiger partial charge is 0.287 e. The van der Waals surface area contributed by atoms with E-state index in [1.165, 1.54) is 0 Å². The van der Waals surface area contributed by atoms with E-state index >= 15 is 0 Å². The van der Waals surface area contributed by atoms with E-state index in [1.54, 1.807) is 19.2 Å². The maximum Gasteiger partial charge on any atom is 0.287 e. The second-order valence-corrected chi connectivity index (χ2v) is 6.85. The molecule has 0 radical (unpaired) electrons. The average molecular weight is 370 g/mol. The molecule has 1 aliphatic heterocycles. The number of benzene rings is 1.